The molecule has 1 unspecified atom stereocenters. The Balaban J connectivity index is 2.15. The predicted molar refractivity (Wildman–Crippen MR) is 135 cm³/mol. The zero-order valence-corrected chi connectivity index (χ0v) is 21.2. The molecule has 5 nitrogen and oxygen atoms in total. The first-order valence-electron chi connectivity index (χ1n) is 11.0. The smallest absolute Gasteiger partial charge is 0.226 e. The van der Waals surface area contributed by atoms with Gasteiger partial charge in [0, 0.05) is 34.5 Å². The topological polar surface area (TPSA) is 66.5 Å². The Hall–Kier alpha value is -1.86. The standard InChI is InChI=1S/C25H30Cl2N2O3S/c1-4-7-19-15-23(18-8-6-9-21(27)14-18)24(17-10-12-20(26)13-11-17)29(25(19)30)22(5-2)16-28-33(3,31)32/h4,6,8-14,19,22-24,28H,1,5,7,15-16H2,2-3H3/t19-,22?,23+,24+/m0/s1. The number of piperidine rings is 1. The fourth-order valence-corrected chi connectivity index (χ4v) is 5.50. The van der Waals surface area contributed by atoms with Crippen LogP contribution in [0.1, 0.15) is 49.3 Å². The van der Waals surface area contributed by atoms with Gasteiger partial charge in [0.05, 0.1) is 12.3 Å². The molecular formula is C25H30Cl2N2O3S. The number of amides is 1. The number of allylic oxidation sites excluding steroid dienone is 1. The number of nitrogens with zero attached hydrogens (tertiary/aromatic N) is 1. The van der Waals surface area contributed by atoms with E-state index in [1.807, 2.05) is 60.4 Å². The third-order valence-corrected chi connectivity index (χ3v) is 7.39. The van der Waals surface area contributed by atoms with Crippen molar-refractivity contribution in [2.24, 2.45) is 5.92 Å². The van der Waals surface area contributed by atoms with Crippen molar-refractivity contribution in [2.45, 2.75) is 44.2 Å². The molecule has 0 aliphatic carbocycles. The van der Waals surface area contributed by atoms with Crippen LogP contribution in [0.5, 0.6) is 0 Å². The number of nitrogens with one attached hydrogen (secondary N) is 1. The molecule has 3 rings (SSSR count). The number of carbonyl (C=O) groups excluding carboxylic acids is 1. The highest BCUT2D eigenvalue weighted by atomic mass is 35.5. The minimum absolute atomic E-state index is 0.00952. The fourth-order valence-electron chi connectivity index (χ4n) is 4.68. The van der Waals surface area contributed by atoms with E-state index in [9.17, 15) is 13.2 Å². The first-order valence-corrected chi connectivity index (χ1v) is 13.7. The lowest BCUT2D eigenvalue weighted by molar-refractivity contribution is -0.146. The van der Waals surface area contributed by atoms with Crippen molar-refractivity contribution in [2.75, 3.05) is 12.8 Å². The van der Waals surface area contributed by atoms with E-state index in [-0.39, 0.29) is 36.4 Å². The van der Waals surface area contributed by atoms with Crippen molar-refractivity contribution in [3.05, 3.63) is 82.4 Å². The summed E-state index contributed by atoms with van der Waals surface area (Å²) in [7, 11) is -3.41. The first kappa shape index (κ1) is 25.8. The summed E-state index contributed by atoms with van der Waals surface area (Å²) in [5, 5.41) is 1.25. The average Bonchev–Trinajstić information content (AvgIpc) is 2.76. The average molecular weight is 509 g/mol. The maximum atomic E-state index is 13.8. The molecule has 1 amide bonds. The van der Waals surface area contributed by atoms with Gasteiger partial charge in [-0.2, -0.15) is 0 Å². The second-order valence-electron chi connectivity index (χ2n) is 8.54. The molecule has 33 heavy (non-hydrogen) atoms. The quantitative estimate of drug-likeness (QED) is 0.450. The normalized spacial score (nSPS) is 22.2. The summed E-state index contributed by atoms with van der Waals surface area (Å²) in [4.78, 5) is 15.7. The first-order chi connectivity index (χ1) is 15.6. The molecule has 0 radical (unpaired) electrons. The van der Waals surface area contributed by atoms with Gasteiger partial charge in [-0.05, 0) is 54.7 Å². The van der Waals surface area contributed by atoms with E-state index in [0.717, 1.165) is 17.4 Å². The third kappa shape index (κ3) is 6.38. The van der Waals surface area contributed by atoms with Gasteiger partial charge in [0.15, 0.2) is 0 Å². The Kier molecular flexibility index (Phi) is 8.62. The molecule has 1 saturated heterocycles. The summed E-state index contributed by atoms with van der Waals surface area (Å²) in [5.74, 6) is -0.266. The molecule has 178 valence electrons. The van der Waals surface area contributed by atoms with Crippen LogP contribution in [-0.2, 0) is 14.8 Å². The predicted octanol–water partition coefficient (Wildman–Crippen LogP) is 5.57. The SMILES string of the molecule is C=CC[C@H]1C[C@H](c2cccc(Cl)c2)[C@@H](c2ccc(Cl)cc2)N(C(CC)CNS(C)(=O)=O)C1=O. The van der Waals surface area contributed by atoms with Gasteiger partial charge >= 0.3 is 0 Å². The molecule has 1 N–H and O–H groups in total. The van der Waals surface area contributed by atoms with E-state index in [1.54, 1.807) is 6.08 Å². The Labute approximate surface area is 206 Å². The number of benzene rings is 2. The summed E-state index contributed by atoms with van der Waals surface area (Å²) in [5.41, 5.74) is 1.99. The monoisotopic (exact) mass is 508 g/mol. The molecule has 8 heteroatoms. The van der Waals surface area contributed by atoms with Gasteiger partial charge in [0.2, 0.25) is 15.9 Å². The number of sulfonamides is 1. The Morgan fingerprint density at radius 2 is 1.85 bits per heavy atom. The summed E-state index contributed by atoms with van der Waals surface area (Å²) >= 11 is 12.5. The summed E-state index contributed by atoms with van der Waals surface area (Å²) in [6.07, 6.45) is 4.69. The second kappa shape index (κ2) is 11.0. The van der Waals surface area contributed by atoms with Gasteiger partial charge in [0.1, 0.15) is 0 Å². The Bertz CT molecular complexity index is 1090. The van der Waals surface area contributed by atoms with Crippen molar-refractivity contribution >= 4 is 39.1 Å². The summed E-state index contributed by atoms with van der Waals surface area (Å²) in [6.45, 7) is 5.96. The van der Waals surface area contributed by atoms with E-state index in [4.69, 9.17) is 23.2 Å². The Morgan fingerprint density at radius 3 is 2.42 bits per heavy atom. The summed E-state index contributed by atoms with van der Waals surface area (Å²) in [6, 6.07) is 14.6. The molecule has 2 aromatic rings. The molecule has 1 heterocycles. The van der Waals surface area contributed by atoms with Crippen molar-refractivity contribution in [3.8, 4) is 0 Å². The van der Waals surface area contributed by atoms with Gasteiger partial charge in [-0.1, -0.05) is 60.5 Å². The van der Waals surface area contributed by atoms with E-state index >= 15 is 0 Å². The highest BCUT2D eigenvalue weighted by molar-refractivity contribution is 7.88. The van der Waals surface area contributed by atoms with Gasteiger partial charge in [-0.3, -0.25) is 4.79 Å². The van der Waals surface area contributed by atoms with E-state index in [1.165, 1.54) is 0 Å². The van der Waals surface area contributed by atoms with Crippen molar-refractivity contribution in [1.29, 1.82) is 0 Å². The maximum Gasteiger partial charge on any atom is 0.226 e. The van der Waals surface area contributed by atoms with E-state index in [2.05, 4.69) is 11.3 Å². The van der Waals surface area contributed by atoms with Crippen molar-refractivity contribution in [3.63, 3.8) is 0 Å². The molecule has 1 aliphatic rings. The molecule has 2 aromatic carbocycles. The maximum absolute atomic E-state index is 13.8. The number of likely N-dealkylation sites (tertiary alicyclic amines) is 1. The molecule has 0 bridgehead atoms. The third-order valence-electron chi connectivity index (χ3n) is 6.21. The number of hydrogen-bond donors (Lipinski definition) is 1. The zero-order chi connectivity index (χ0) is 24.2. The second-order valence-corrected chi connectivity index (χ2v) is 11.2. The number of halogens is 2. The van der Waals surface area contributed by atoms with Gasteiger partial charge in [-0.25, -0.2) is 13.1 Å². The molecule has 0 aromatic heterocycles. The summed E-state index contributed by atoms with van der Waals surface area (Å²) < 4.78 is 26.3. The number of carbonyl (C=O) groups is 1. The number of hydrogen-bond acceptors (Lipinski definition) is 3. The highest BCUT2D eigenvalue weighted by Crippen LogP contribution is 2.47. The van der Waals surface area contributed by atoms with Crippen LogP contribution in [0.4, 0.5) is 0 Å². The van der Waals surface area contributed by atoms with Gasteiger partial charge in [-0.15, -0.1) is 6.58 Å². The zero-order valence-electron chi connectivity index (χ0n) is 18.9. The lowest BCUT2D eigenvalue weighted by Crippen LogP contribution is -2.54. The van der Waals surface area contributed by atoms with E-state index in [0.29, 0.717) is 29.3 Å². The van der Waals surface area contributed by atoms with Crippen LogP contribution in [0.3, 0.4) is 0 Å². The van der Waals surface area contributed by atoms with Gasteiger partial charge < -0.3 is 4.90 Å². The fraction of sp³-hybridized carbons (Fsp3) is 0.400. The minimum atomic E-state index is -3.41. The van der Waals surface area contributed by atoms with Gasteiger partial charge in [0.25, 0.3) is 0 Å². The van der Waals surface area contributed by atoms with Crippen LogP contribution < -0.4 is 4.72 Å². The molecular weight excluding hydrogens is 479 g/mol. The largest absolute Gasteiger partial charge is 0.330 e. The van der Waals surface area contributed by atoms with Crippen LogP contribution in [0.25, 0.3) is 0 Å². The molecule has 1 aliphatic heterocycles. The van der Waals surface area contributed by atoms with Crippen LogP contribution in [0.15, 0.2) is 61.2 Å². The lowest BCUT2D eigenvalue weighted by atomic mass is 9.74. The van der Waals surface area contributed by atoms with Crippen LogP contribution in [0, 0.1) is 5.92 Å². The van der Waals surface area contributed by atoms with E-state index < -0.39 is 10.0 Å². The van der Waals surface area contributed by atoms with Crippen LogP contribution >= 0.6 is 23.2 Å². The Morgan fingerprint density at radius 1 is 1.15 bits per heavy atom. The van der Waals surface area contributed by atoms with Crippen molar-refractivity contribution < 1.29 is 13.2 Å². The van der Waals surface area contributed by atoms with Crippen molar-refractivity contribution in [1.82, 2.24) is 9.62 Å². The number of rotatable bonds is 9. The molecule has 1 fully saturated rings. The molecule has 0 saturated carbocycles. The minimum Gasteiger partial charge on any atom is -0.330 e. The molecule has 0 spiro atoms. The van der Waals surface area contributed by atoms with Crippen LogP contribution in [-0.4, -0.2) is 38.1 Å². The van der Waals surface area contributed by atoms with Crippen LogP contribution in [0.2, 0.25) is 10.0 Å². The molecule has 4 atom stereocenters. The lowest BCUT2D eigenvalue weighted by Gasteiger charge is -2.48. The highest BCUT2D eigenvalue weighted by Gasteiger charge is 2.45.